The summed E-state index contributed by atoms with van der Waals surface area (Å²) in [5, 5.41) is 30.1. The first-order valence-electron chi connectivity index (χ1n) is 15.4. The minimum absolute atomic E-state index is 0.0854. The van der Waals surface area contributed by atoms with Crippen molar-refractivity contribution in [3.63, 3.8) is 0 Å². The van der Waals surface area contributed by atoms with Crippen LogP contribution in [-0.2, 0) is 0 Å². The third-order valence-electron chi connectivity index (χ3n) is 12.0. The monoisotopic (exact) mass is 573 g/mol. The van der Waals surface area contributed by atoms with E-state index in [2.05, 4.69) is 24.9 Å². The van der Waals surface area contributed by atoms with Gasteiger partial charge in [-0.3, -0.25) is 15.1 Å². The number of hydrazone groups is 1. The van der Waals surface area contributed by atoms with Gasteiger partial charge in [-0.25, -0.2) is 0 Å². The van der Waals surface area contributed by atoms with Gasteiger partial charge in [-0.1, -0.05) is 49.2 Å². The largest absolute Gasteiger partial charge is 0.393 e. The zero-order valence-electron chi connectivity index (χ0n) is 24.0. The summed E-state index contributed by atoms with van der Waals surface area (Å²) in [6.07, 6.45) is 12.0. The van der Waals surface area contributed by atoms with Gasteiger partial charge in [0.25, 0.3) is 5.69 Å². The lowest BCUT2D eigenvalue weighted by molar-refractivity contribution is -0.384. The van der Waals surface area contributed by atoms with Crippen LogP contribution in [0, 0.1) is 44.6 Å². The average Bonchev–Trinajstić information content (AvgIpc) is 3.55. The molecule has 1 heterocycles. The normalized spacial score (nSPS) is 38.0. The molecule has 7 heteroatoms. The quantitative estimate of drug-likeness (QED) is 0.226. The number of halogens is 1. The number of anilines is 1. The first-order chi connectivity index (χ1) is 19.7. The molecule has 216 valence electrons. The smallest absolute Gasteiger partial charge is 0.269 e. The van der Waals surface area contributed by atoms with E-state index < -0.39 is 0 Å². The molecule has 0 aromatic heterocycles. The summed E-state index contributed by atoms with van der Waals surface area (Å²) in [7, 11) is 0. The van der Waals surface area contributed by atoms with Gasteiger partial charge in [0.15, 0.2) is 0 Å². The number of aliphatic hydroxyl groups is 1. The van der Waals surface area contributed by atoms with Crippen LogP contribution in [0.15, 0.2) is 65.3 Å². The van der Waals surface area contributed by atoms with Gasteiger partial charge in [-0.15, -0.1) is 0 Å². The Morgan fingerprint density at radius 1 is 1.02 bits per heavy atom. The number of hydrogen-bond acceptors (Lipinski definition) is 5. The number of aliphatic hydroxyl groups excluding tert-OH is 1. The van der Waals surface area contributed by atoms with Crippen LogP contribution in [0.5, 0.6) is 0 Å². The Morgan fingerprint density at radius 2 is 1.83 bits per heavy atom. The Balaban J connectivity index is 1.20. The molecular weight excluding hydrogens is 534 g/mol. The number of allylic oxidation sites excluding steroid dienone is 1. The molecule has 6 nitrogen and oxygen atoms in total. The van der Waals surface area contributed by atoms with E-state index in [9.17, 15) is 15.2 Å². The first-order valence-corrected chi connectivity index (χ1v) is 15.8. The Hall–Kier alpha value is -2.70. The van der Waals surface area contributed by atoms with Gasteiger partial charge in [-0.05, 0) is 110 Å². The van der Waals surface area contributed by atoms with E-state index >= 15 is 0 Å². The Kier molecular flexibility index (Phi) is 6.59. The van der Waals surface area contributed by atoms with Gasteiger partial charge >= 0.3 is 0 Å². The van der Waals surface area contributed by atoms with E-state index in [0.717, 1.165) is 49.8 Å². The van der Waals surface area contributed by atoms with Crippen LogP contribution in [0.25, 0.3) is 0 Å². The lowest BCUT2D eigenvalue weighted by Crippen LogP contribution is -2.51. The Labute approximate surface area is 247 Å². The molecule has 8 atom stereocenters. The van der Waals surface area contributed by atoms with Crippen molar-refractivity contribution in [1.29, 1.82) is 0 Å². The summed E-state index contributed by atoms with van der Waals surface area (Å²) >= 11 is 6.22. The van der Waals surface area contributed by atoms with Crippen LogP contribution in [0.1, 0.15) is 83.2 Å². The van der Waals surface area contributed by atoms with Crippen molar-refractivity contribution < 1.29 is 10.0 Å². The van der Waals surface area contributed by atoms with Crippen molar-refractivity contribution in [2.45, 2.75) is 83.8 Å². The molecule has 0 saturated heterocycles. The van der Waals surface area contributed by atoms with Gasteiger partial charge in [0.1, 0.15) is 0 Å². The second kappa shape index (κ2) is 9.95. The van der Waals surface area contributed by atoms with Crippen molar-refractivity contribution in [3.8, 4) is 0 Å². The molecule has 1 aliphatic heterocycles. The molecule has 5 aliphatic rings. The molecule has 1 unspecified atom stereocenters. The van der Waals surface area contributed by atoms with E-state index in [0.29, 0.717) is 28.7 Å². The number of benzene rings is 2. The molecule has 0 bridgehead atoms. The lowest BCUT2D eigenvalue weighted by atomic mass is 9.47. The summed E-state index contributed by atoms with van der Waals surface area (Å²) in [6.45, 7) is 5.03. The number of nitro benzene ring substituents is 1. The van der Waals surface area contributed by atoms with Crippen molar-refractivity contribution >= 4 is 28.7 Å². The van der Waals surface area contributed by atoms with Gasteiger partial charge in [0.2, 0.25) is 0 Å². The predicted octanol–water partition coefficient (Wildman–Crippen LogP) is 8.50. The van der Waals surface area contributed by atoms with E-state index in [1.165, 1.54) is 30.5 Å². The summed E-state index contributed by atoms with van der Waals surface area (Å²) in [6, 6.07) is 14.7. The van der Waals surface area contributed by atoms with Crippen molar-refractivity contribution in [3.05, 3.63) is 80.9 Å². The van der Waals surface area contributed by atoms with Crippen molar-refractivity contribution in [1.82, 2.24) is 0 Å². The van der Waals surface area contributed by atoms with Crippen LogP contribution in [0.3, 0.4) is 0 Å². The van der Waals surface area contributed by atoms with Gasteiger partial charge in [-0.2, -0.15) is 5.10 Å². The fourth-order valence-corrected chi connectivity index (χ4v) is 10.00. The summed E-state index contributed by atoms with van der Waals surface area (Å²) in [5.74, 6) is 2.50. The first kappa shape index (κ1) is 27.2. The number of nitro groups is 1. The fraction of sp³-hybridized carbons (Fsp3) is 0.559. The van der Waals surface area contributed by atoms with E-state index in [1.54, 1.807) is 18.2 Å². The highest BCUT2D eigenvalue weighted by Gasteiger charge is 2.59. The second-order valence-corrected chi connectivity index (χ2v) is 14.3. The number of nitrogens with zero attached hydrogens (tertiary/aromatic N) is 3. The molecule has 3 saturated carbocycles. The van der Waals surface area contributed by atoms with E-state index in [4.69, 9.17) is 16.7 Å². The van der Waals surface area contributed by atoms with Crippen LogP contribution >= 0.6 is 11.6 Å². The van der Waals surface area contributed by atoms with Crippen LogP contribution in [0.2, 0.25) is 5.02 Å². The number of hydrogen-bond donors (Lipinski definition) is 1. The van der Waals surface area contributed by atoms with E-state index in [-0.39, 0.29) is 33.6 Å². The fourth-order valence-electron chi connectivity index (χ4n) is 9.87. The molecule has 7 rings (SSSR count). The number of non-ortho nitro benzene ring substituents is 1. The third kappa shape index (κ3) is 4.36. The minimum atomic E-state index is -0.314. The molecule has 0 radical (unpaired) electrons. The Morgan fingerprint density at radius 3 is 2.61 bits per heavy atom. The van der Waals surface area contributed by atoms with Gasteiger partial charge < -0.3 is 5.11 Å². The van der Waals surface area contributed by atoms with Gasteiger partial charge in [0.05, 0.1) is 22.8 Å². The van der Waals surface area contributed by atoms with Crippen LogP contribution in [0.4, 0.5) is 11.4 Å². The standard InChI is InChI=1S/C34H40ClN3O3/c1-33-16-14-26(39)19-22(33)6-11-27-28-12-13-30(34(28,2)17-15-29(27)33)31-20-32(21-4-3-5-25(18-21)38(40)41)37(36-31)24-9-7-23(35)8-10-24/h3-10,18,26-30,32,39H,11-17,19-20H2,1-2H3/t26-,27-,28-,29-,30+,32?,33-,34-/m0/s1. The van der Waals surface area contributed by atoms with Gasteiger partial charge in [0, 0.05) is 35.2 Å². The molecule has 1 N–H and O–H groups in total. The summed E-state index contributed by atoms with van der Waals surface area (Å²) in [5.41, 5.74) is 5.22. The molecule has 2 aromatic rings. The Bertz CT molecular complexity index is 1420. The molecule has 0 amide bonds. The van der Waals surface area contributed by atoms with Crippen LogP contribution < -0.4 is 5.01 Å². The van der Waals surface area contributed by atoms with Crippen molar-refractivity contribution in [2.24, 2.45) is 39.6 Å². The maximum atomic E-state index is 11.6. The molecule has 41 heavy (non-hydrogen) atoms. The minimum Gasteiger partial charge on any atom is -0.393 e. The highest BCUT2D eigenvalue weighted by atomic mass is 35.5. The highest BCUT2D eigenvalue weighted by molar-refractivity contribution is 6.30. The summed E-state index contributed by atoms with van der Waals surface area (Å²) in [4.78, 5) is 11.3. The average molecular weight is 574 g/mol. The SMILES string of the molecule is C[C@]12CC[C@H]3[C@@H](CC=C4C[C@@H](O)CC[C@@]43C)[C@@H]1CC[C@@H]2C1=NN(c2ccc(Cl)cc2)C(c2cccc([N+](=O)[O-])c2)C1. The van der Waals surface area contributed by atoms with Crippen LogP contribution in [-0.4, -0.2) is 21.8 Å². The zero-order chi connectivity index (χ0) is 28.5. The zero-order valence-corrected chi connectivity index (χ0v) is 24.8. The maximum Gasteiger partial charge on any atom is 0.269 e. The predicted molar refractivity (Wildman–Crippen MR) is 163 cm³/mol. The molecule has 3 fully saturated rings. The lowest BCUT2D eigenvalue weighted by Gasteiger charge is -2.58. The topological polar surface area (TPSA) is 79.0 Å². The molecule has 0 spiro atoms. The number of fused-ring (bicyclic) bond motifs is 5. The maximum absolute atomic E-state index is 11.6. The second-order valence-electron chi connectivity index (χ2n) is 13.8. The number of rotatable bonds is 4. The van der Waals surface area contributed by atoms with E-state index in [1.807, 2.05) is 30.3 Å². The summed E-state index contributed by atoms with van der Waals surface area (Å²) < 4.78 is 0. The molecular formula is C34H40ClN3O3. The van der Waals surface area contributed by atoms with Crippen molar-refractivity contribution in [2.75, 3.05) is 5.01 Å². The molecule has 4 aliphatic carbocycles. The third-order valence-corrected chi connectivity index (χ3v) is 12.2. The molecule has 2 aromatic carbocycles. The highest BCUT2D eigenvalue weighted by Crippen LogP contribution is 2.67.